The Balaban J connectivity index is 1.92. The van der Waals surface area contributed by atoms with Gasteiger partial charge < -0.3 is 10.1 Å². The van der Waals surface area contributed by atoms with Crippen LogP contribution < -0.4 is 10.1 Å². The van der Waals surface area contributed by atoms with Gasteiger partial charge >= 0.3 is 0 Å². The van der Waals surface area contributed by atoms with Crippen LogP contribution in [0.25, 0.3) is 0 Å². The number of nitrogens with one attached hydrogen (secondary N) is 1. The van der Waals surface area contributed by atoms with Crippen molar-refractivity contribution in [2.24, 2.45) is 0 Å². The van der Waals surface area contributed by atoms with Gasteiger partial charge in [0.2, 0.25) is 0 Å². The molecule has 0 heterocycles. The zero-order valence-corrected chi connectivity index (χ0v) is 14.9. The van der Waals surface area contributed by atoms with Gasteiger partial charge in [0.25, 0.3) is 11.6 Å². The fraction of sp³-hybridized carbons (Fsp3) is 0.235. The summed E-state index contributed by atoms with van der Waals surface area (Å²) in [7, 11) is 0. The maximum Gasteiger partial charge on any atom is 0.284 e. The van der Waals surface area contributed by atoms with Gasteiger partial charge in [0, 0.05) is 11.6 Å². The van der Waals surface area contributed by atoms with E-state index in [0.717, 1.165) is 16.9 Å². The molecule has 126 valence electrons. The number of amides is 1. The van der Waals surface area contributed by atoms with Gasteiger partial charge in [0.1, 0.15) is 12.4 Å². The number of benzene rings is 2. The lowest BCUT2D eigenvalue weighted by atomic mass is 10.1. The number of hydrogen-bond acceptors (Lipinski definition) is 4. The maximum absolute atomic E-state index is 12.1. The van der Waals surface area contributed by atoms with Crippen molar-refractivity contribution in [2.45, 2.75) is 13.8 Å². The molecule has 0 bridgehead atoms. The van der Waals surface area contributed by atoms with Gasteiger partial charge in [-0.2, -0.15) is 0 Å². The van der Waals surface area contributed by atoms with E-state index in [1.165, 1.54) is 18.2 Å². The predicted octanol–water partition coefficient (Wildman–Crippen LogP) is 3.78. The van der Waals surface area contributed by atoms with E-state index in [9.17, 15) is 14.9 Å². The van der Waals surface area contributed by atoms with Crippen LogP contribution in [0.15, 0.2) is 40.9 Å². The zero-order valence-electron chi connectivity index (χ0n) is 13.3. The van der Waals surface area contributed by atoms with Crippen molar-refractivity contribution in [3.63, 3.8) is 0 Å². The molecule has 2 aromatic rings. The second-order valence-corrected chi connectivity index (χ2v) is 6.10. The Morgan fingerprint density at radius 3 is 2.54 bits per heavy atom. The molecular weight excluding hydrogens is 376 g/mol. The van der Waals surface area contributed by atoms with Gasteiger partial charge in [-0.1, -0.05) is 18.2 Å². The minimum Gasteiger partial charge on any atom is -0.491 e. The standard InChI is InChI=1S/C17H17BrN2O4/c1-11-4-3-5-12(2)16(11)24-9-8-19-17(21)13-6-7-14(18)15(10-13)20(22)23/h3-7,10H,8-9H2,1-2H3,(H,19,21). The van der Waals surface area contributed by atoms with Crippen molar-refractivity contribution in [3.05, 3.63) is 67.7 Å². The number of nitro groups is 1. The molecule has 6 nitrogen and oxygen atoms in total. The average Bonchev–Trinajstić information content (AvgIpc) is 2.53. The molecule has 0 aliphatic rings. The summed E-state index contributed by atoms with van der Waals surface area (Å²) in [5.74, 6) is 0.432. The van der Waals surface area contributed by atoms with Crippen molar-refractivity contribution >= 4 is 27.5 Å². The van der Waals surface area contributed by atoms with Crippen molar-refractivity contribution in [3.8, 4) is 5.75 Å². The molecule has 1 amide bonds. The van der Waals surface area contributed by atoms with Crippen LogP contribution in [0.3, 0.4) is 0 Å². The number of carbonyl (C=O) groups excluding carboxylic acids is 1. The zero-order chi connectivity index (χ0) is 17.7. The molecule has 0 fully saturated rings. The van der Waals surface area contributed by atoms with E-state index >= 15 is 0 Å². The number of para-hydroxylation sites is 1. The van der Waals surface area contributed by atoms with E-state index < -0.39 is 4.92 Å². The van der Waals surface area contributed by atoms with Crippen LogP contribution in [0, 0.1) is 24.0 Å². The highest BCUT2D eigenvalue weighted by atomic mass is 79.9. The predicted molar refractivity (Wildman–Crippen MR) is 94.5 cm³/mol. The number of rotatable bonds is 6. The summed E-state index contributed by atoms with van der Waals surface area (Å²) in [5, 5.41) is 13.6. The molecule has 0 aliphatic heterocycles. The third-order valence-electron chi connectivity index (χ3n) is 3.45. The summed E-state index contributed by atoms with van der Waals surface area (Å²) in [5.41, 5.74) is 2.15. The van der Waals surface area contributed by atoms with E-state index in [-0.39, 0.29) is 17.2 Å². The van der Waals surface area contributed by atoms with Gasteiger partial charge in [0.05, 0.1) is 15.9 Å². The largest absolute Gasteiger partial charge is 0.491 e. The van der Waals surface area contributed by atoms with Crippen molar-refractivity contribution in [2.75, 3.05) is 13.2 Å². The first-order valence-electron chi connectivity index (χ1n) is 7.31. The van der Waals surface area contributed by atoms with E-state index in [1.54, 1.807) is 0 Å². The first kappa shape index (κ1) is 17.9. The molecule has 24 heavy (non-hydrogen) atoms. The van der Waals surface area contributed by atoms with Crippen molar-refractivity contribution < 1.29 is 14.5 Å². The van der Waals surface area contributed by atoms with Gasteiger partial charge in [-0.15, -0.1) is 0 Å². The van der Waals surface area contributed by atoms with Gasteiger partial charge in [-0.3, -0.25) is 14.9 Å². The molecule has 1 N–H and O–H groups in total. The second kappa shape index (κ2) is 7.92. The maximum atomic E-state index is 12.1. The molecule has 0 unspecified atom stereocenters. The lowest BCUT2D eigenvalue weighted by Crippen LogP contribution is -2.28. The third-order valence-corrected chi connectivity index (χ3v) is 4.12. The fourth-order valence-electron chi connectivity index (χ4n) is 2.24. The number of halogens is 1. The molecule has 0 saturated heterocycles. The highest BCUT2D eigenvalue weighted by Crippen LogP contribution is 2.25. The number of nitro benzene ring substituents is 1. The Kier molecular flexibility index (Phi) is 5.92. The molecule has 0 aliphatic carbocycles. The Labute approximate surface area is 148 Å². The molecule has 0 radical (unpaired) electrons. The van der Waals surface area contributed by atoms with Crippen molar-refractivity contribution in [1.82, 2.24) is 5.32 Å². The minimum absolute atomic E-state index is 0.144. The normalized spacial score (nSPS) is 10.3. The highest BCUT2D eigenvalue weighted by Gasteiger charge is 2.15. The van der Waals surface area contributed by atoms with E-state index in [0.29, 0.717) is 17.6 Å². The Bertz CT molecular complexity index is 757. The lowest BCUT2D eigenvalue weighted by molar-refractivity contribution is -0.385. The van der Waals surface area contributed by atoms with E-state index in [4.69, 9.17) is 4.74 Å². The van der Waals surface area contributed by atoms with Gasteiger partial charge in [-0.25, -0.2) is 0 Å². The van der Waals surface area contributed by atoms with Crippen LogP contribution in [0.4, 0.5) is 5.69 Å². The molecule has 2 aromatic carbocycles. The van der Waals surface area contributed by atoms with Crippen LogP contribution in [-0.2, 0) is 0 Å². The first-order chi connectivity index (χ1) is 11.4. The number of hydrogen-bond donors (Lipinski definition) is 1. The minimum atomic E-state index is -0.537. The van der Waals surface area contributed by atoms with Crippen LogP contribution in [0.1, 0.15) is 21.5 Å². The topological polar surface area (TPSA) is 81.5 Å². The summed E-state index contributed by atoms with van der Waals surface area (Å²) in [4.78, 5) is 22.4. The quantitative estimate of drug-likeness (QED) is 0.460. The first-order valence-corrected chi connectivity index (χ1v) is 8.10. The summed E-state index contributed by atoms with van der Waals surface area (Å²) >= 11 is 3.09. The average molecular weight is 393 g/mol. The molecule has 0 aromatic heterocycles. The summed E-state index contributed by atoms with van der Waals surface area (Å²) < 4.78 is 6.04. The number of carbonyl (C=O) groups is 1. The van der Waals surface area contributed by atoms with Crippen LogP contribution in [0.2, 0.25) is 0 Å². The molecule has 0 saturated carbocycles. The van der Waals surface area contributed by atoms with E-state index in [2.05, 4.69) is 21.2 Å². The molecule has 0 atom stereocenters. The number of nitrogens with zero attached hydrogens (tertiary/aromatic N) is 1. The second-order valence-electron chi connectivity index (χ2n) is 5.25. The Morgan fingerprint density at radius 2 is 1.92 bits per heavy atom. The summed E-state index contributed by atoms with van der Waals surface area (Å²) in [6.07, 6.45) is 0. The Morgan fingerprint density at radius 1 is 1.25 bits per heavy atom. The highest BCUT2D eigenvalue weighted by molar-refractivity contribution is 9.10. The molecule has 7 heteroatoms. The van der Waals surface area contributed by atoms with Crippen LogP contribution >= 0.6 is 15.9 Å². The third kappa shape index (κ3) is 4.32. The number of ether oxygens (including phenoxy) is 1. The smallest absolute Gasteiger partial charge is 0.284 e. The molecular formula is C17H17BrN2O4. The lowest BCUT2D eigenvalue weighted by Gasteiger charge is -2.12. The van der Waals surface area contributed by atoms with Crippen LogP contribution in [-0.4, -0.2) is 24.0 Å². The Hall–Kier alpha value is -2.41. The van der Waals surface area contributed by atoms with Gasteiger partial charge in [0.15, 0.2) is 0 Å². The van der Waals surface area contributed by atoms with Crippen LogP contribution in [0.5, 0.6) is 5.75 Å². The fourth-order valence-corrected chi connectivity index (χ4v) is 2.63. The molecule has 2 rings (SSSR count). The summed E-state index contributed by atoms with van der Waals surface area (Å²) in [6.45, 7) is 4.54. The van der Waals surface area contributed by atoms with E-state index in [1.807, 2.05) is 32.0 Å². The SMILES string of the molecule is Cc1cccc(C)c1OCCNC(=O)c1ccc(Br)c([N+](=O)[O-])c1. The summed E-state index contributed by atoms with van der Waals surface area (Å²) in [6, 6.07) is 10.1. The monoisotopic (exact) mass is 392 g/mol. The number of aryl methyl sites for hydroxylation is 2. The van der Waals surface area contributed by atoms with Crippen molar-refractivity contribution in [1.29, 1.82) is 0 Å². The molecule has 0 spiro atoms. The van der Waals surface area contributed by atoms with Gasteiger partial charge in [-0.05, 0) is 53.0 Å².